The Balaban J connectivity index is 1.39. The van der Waals surface area contributed by atoms with Crippen LogP contribution in [0.5, 0.6) is 5.75 Å². The second kappa shape index (κ2) is 7.76. The second-order valence-corrected chi connectivity index (χ2v) is 7.64. The van der Waals surface area contributed by atoms with E-state index in [1.165, 1.54) is 0 Å². The Kier molecular flexibility index (Phi) is 4.80. The van der Waals surface area contributed by atoms with E-state index in [0.717, 1.165) is 65.5 Å². The minimum Gasteiger partial charge on any atom is -0.497 e. The summed E-state index contributed by atoms with van der Waals surface area (Å²) in [5, 5.41) is 0. The number of aromatic amines is 1. The van der Waals surface area contributed by atoms with Crippen molar-refractivity contribution in [2.75, 3.05) is 25.1 Å². The Bertz CT molecular complexity index is 1140. The zero-order valence-corrected chi connectivity index (χ0v) is 16.9. The number of imidazole rings is 1. The first-order valence-corrected chi connectivity index (χ1v) is 10.2. The van der Waals surface area contributed by atoms with Crippen molar-refractivity contribution < 1.29 is 4.74 Å². The molecule has 30 heavy (non-hydrogen) atoms. The molecular weight excluding hydrogens is 376 g/mol. The van der Waals surface area contributed by atoms with Crippen LogP contribution < -0.4 is 15.4 Å². The quantitative estimate of drug-likeness (QED) is 0.543. The van der Waals surface area contributed by atoms with Crippen LogP contribution in [0.2, 0.25) is 0 Å². The number of pyridine rings is 2. The van der Waals surface area contributed by atoms with Crippen LogP contribution >= 0.6 is 0 Å². The van der Waals surface area contributed by atoms with E-state index in [-0.39, 0.29) is 0 Å². The van der Waals surface area contributed by atoms with Crippen LogP contribution in [0, 0.1) is 0 Å². The molecule has 7 nitrogen and oxygen atoms in total. The Labute approximate surface area is 174 Å². The van der Waals surface area contributed by atoms with E-state index in [1.54, 1.807) is 7.11 Å². The number of anilines is 1. The molecule has 4 aromatic rings. The number of benzene rings is 1. The van der Waals surface area contributed by atoms with Gasteiger partial charge in [-0.05, 0) is 55.3 Å². The number of aromatic nitrogens is 4. The third-order valence-electron chi connectivity index (χ3n) is 5.65. The number of nitrogens with zero attached hydrogens (tertiary/aromatic N) is 4. The predicted molar refractivity (Wildman–Crippen MR) is 119 cm³/mol. The zero-order valence-electron chi connectivity index (χ0n) is 16.9. The third-order valence-corrected chi connectivity index (χ3v) is 5.65. The van der Waals surface area contributed by atoms with Gasteiger partial charge in [-0.3, -0.25) is 0 Å². The summed E-state index contributed by atoms with van der Waals surface area (Å²) in [5.41, 5.74) is 10.6. The number of nitrogens with two attached hydrogens (primary N) is 1. The Morgan fingerprint density at radius 3 is 2.40 bits per heavy atom. The molecule has 0 saturated carbocycles. The van der Waals surface area contributed by atoms with E-state index in [2.05, 4.69) is 43.0 Å². The van der Waals surface area contributed by atoms with Gasteiger partial charge in [-0.1, -0.05) is 0 Å². The van der Waals surface area contributed by atoms with Crippen molar-refractivity contribution in [3.8, 4) is 28.3 Å². The van der Waals surface area contributed by atoms with Crippen molar-refractivity contribution in [2.45, 2.75) is 18.9 Å². The number of hydrogen-bond donors (Lipinski definition) is 2. The number of nitrogens with one attached hydrogen (secondary N) is 1. The maximum atomic E-state index is 6.00. The van der Waals surface area contributed by atoms with Gasteiger partial charge in [0.2, 0.25) is 0 Å². The number of methoxy groups -OCH3 is 1. The lowest BCUT2D eigenvalue weighted by Crippen LogP contribution is -2.40. The monoisotopic (exact) mass is 400 g/mol. The summed E-state index contributed by atoms with van der Waals surface area (Å²) in [6.45, 7) is 1.92. The number of hydrogen-bond acceptors (Lipinski definition) is 6. The van der Waals surface area contributed by atoms with E-state index in [1.807, 2.05) is 36.7 Å². The van der Waals surface area contributed by atoms with Gasteiger partial charge in [0, 0.05) is 48.2 Å². The summed E-state index contributed by atoms with van der Waals surface area (Å²) >= 11 is 0. The van der Waals surface area contributed by atoms with Crippen LogP contribution in [0.3, 0.4) is 0 Å². The maximum absolute atomic E-state index is 6.00. The molecule has 0 atom stereocenters. The third kappa shape index (κ3) is 3.59. The molecule has 5 rings (SSSR count). The van der Waals surface area contributed by atoms with Gasteiger partial charge < -0.3 is 20.4 Å². The summed E-state index contributed by atoms with van der Waals surface area (Å²) in [4.78, 5) is 19.5. The van der Waals surface area contributed by atoms with Crippen molar-refractivity contribution in [3.05, 3.63) is 54.9 Å². The molecule has 0 bridgehead atoms. The van der Waals surface area contributed by atoms with Crippen LogP contribution in [0.1, 0.15) is 12.8 Å². The highest BCUT2D eigenvalue weighted by Crippen LogP contribution is 2.26. The van der Waals surface area contributed by atoms with Crippen LogP contribution in [0.15, 0.2) is 54.9 Å². The molecule has 7 heteroatoms. The Morgan fingerprint density at radius 1 is 0.967 bits per heavy atom. The van der Waals surface area contributed by atoms with Crippen LogP contribution in [0.25, 0.3) is 33.7 Å². The van der Waals surface area contributed by atoms with Crippen LogP contribution in [-0.2, 0) is 0 Å². The van der Waals surface area contributed by atoms with Crippen LogP contribution in [0.4, 0.5) is 5.82 Å². The highest BCUT2D eigenvalue weighted by atomic mass is 16.5. The second-order valence-electron chi connectivity index (χ2n) is 7.64. The molecule has 152 valence electrons. The molecule has 0 aliphatic carbocycles. The maximum Gasteiger partial charge on any atom is 0.178 e. The van der Waals surface area contributed by atoms with E-state index in [0.29, 0.717) is 11.7 Å². The van der Waals surface area contributed by atoms with E-state index >= 15 is 0 Å². The fourth-order valence-corrected chi connectivity index (χ4v) is 3.82. The molecule has 1 aromatic carbocycles. The van der Waals surface area contributed by atoms with Crippen molar-refractivity contribution in [2.24, 2.45) is 5.73 Å². The number of H-pyrrole nitrogens is 1. The van der Waals surface area contributed by atoms with Gasteiger partial charge in [0.25, 0.3) is 0 Å². The number of rotatable bonds is 4. The number of ether oxygens (including phenoxy) is 1. The van der Waals surface area contributed by atoms with E-state index in [9.17, 15) is 0 Å². The summed E-state index contributed by atoms with van der Waals surface area (Å²) in [6.07, 6.45) is 5.78. The van der Waals surface area contributed by atoms with Crippen LogP contribution in [-0.4, -0.2) is 46.2 Å². The highest BCUT2D eigenvalue weighted by Gasteiger charge is 2.17. The molecular formula is C23H24N6O. The molecule has 0 radical (unpaired) electrons. The minimum atomic E-state index is 0.315. The Hall–Kier alpha value is -3.45. The SMILES string of the molecule is COc1ccc(-c2nc3ncc(-c4ccc(N5CCC(N)CC5)nc4)cc3[nH]2)cc1. The summed E-state index contributed by atoms with van der Waals surface area (Å²) in [5.74, 6) is 2.61. The van der Waals surface area contributed by atoms with Crippen molar-refractivity contribution in [1.82, 2.24) is 19.9 Å². The first kappa shape index (κ1) is 18.6. The fraction of sp³-hybridized carbons (Fsp3) is 0.261. The first-order valence-electron chi connectivity index (χ1n) is 10.2. The molecule has 1 fully saturated rings. The molecule has 0 amide bonds. The van der Waals surface area contributed by atoms with Crippen molar-refractivity contribution >= 4 is 17.0 Å². The summed E-state index contributed by atoms with van der Waals surface area (Å²) in [7, 11) is 1.66. The van der Waals surface area contributed by atoms with Gasteiger partial charge in [-0.2, -0.15) is 0 Å². The largest absolute Gasteiger partial charge is 0.497 e. The topological polar surface area (TPSA) is 93.0 Å². The highest BCUT2D eigenvalue weighted by molar-refractivity contribution is 5.81. The predicted octanol–water partition coefficient (Wildman–Crippen LogP) is 3.62. The lowest BCUT2D eigenvalue weighted by molar-refractivity contribution is 0.415. The summed E-state index contributed by atoms with van der Waals surface area (Å²) in [6, 6.07) is 14.4. The minimum absolute atomic E-state index is 0.315. The number of fused-ring (bicyclic) bond motifs is 1. The zero-order chi connectivity index (χ0) is 20.5. The van der Waals surface area contributed by atoms with Gasteiger partial charge >= 0.3 is 0 Å². The van der Waals surface area contributed by atoms with Gasteiger partial charge in [-0.25, -0.2) is 15.0 Å². The standard InChI is InChI=1S/C23H24N6O/c1-30-19-5-2-15(3-6-19)22-27-20-12-17(14-26-23(20)28-22)16-4-7-21(25-13-16)29-10-8-18(24)9-11-29/h2-7,12-14,18H,8-11,24H2,1H3,(H,26,27,28). The first-order chi connectivity index (χ1) is 14.7. The number of piperidine rings is 1. The molecule has 3 N–H and O–H groups in total. The average molecular weight is 400 g/mol. The molecule has 3 aromatic heterocycles. The lowest BCUT2D eigenvalue weighted by Gasteiger charge is -2.31. The van der Waals surface area contributed by atoms with Gasteiger partial charge in [0.15, 0.2) is 5.65 Å². The smallest absolute Gasteiger partial charge is 0.178 e. The van der Waals surface area contributed by atoms with Gasteiger partial charge in [-0.15, -0.1) is 0 Å². The summed E-state index contributed by atoms with van der Waals surface area (Å²) < 4.78 is 5.22. The molecule has 0 spiro atoms. The molecule has 1 aliphatic rings. The van der Waals surface area contributed by atoms with Crippen molar-refractivity contribution in [3.63, 3.8) is 0 Å². The molecule has 1 saturated heterocycles. The fourth-order valence-electron chi connectivity index (χ4n) is 3.82. The molecule has 0 unspecified atom stereocenters. The van der Waals surface area contributed by atoms with Gasteiger partial charge in [0.1, 0.15) is 17.4 Å². The molecule has 4 heterocycles. The average Bonchev–Trinajstić information content (AvgIpc) is 3.23. The lowest BCUT2D eigenvalue weighted by atomic mass is 10.1. The van der Waals surface area contributed by atoms with Gasteiger partial charge in [0.05, 0.1) is 12.6 Å². The van der Waals surface area contributed by atoms with E-state index in [4.69, 9.17) is 10.5 Å². The van der Waals surface area contributed by atoms with E-state index < -0.39 is 0 Å². The normalized spacial score (nSPS) is 14.9. The molecule has 1 aliphatic heterocycles. The Morgan fingerprint density at radius 2 is 1.70 bits per heavy atom. The van der Waals surface area contributed by atoms with Crippen molar-refractivity contribution in [1.29, 1.82) is 0 Å².